The first kappa shape index (κ1) is 11.2. The van der Waals surface area contributed by atoms with E-state index in [0.717, 1.165) is 0 Å². The van der Waals surface area contributed by atoms with Crippen LogP contribution in [0.25, 0.3) is 0 Å². The van der Waals surface area contributed by atoms with Crippen molar-refractivity contribution in [1.82, 2.24) is 0 Å². The third-order valence-electron chi connectivity index (χ3n) is 2.06. The van der Waals surface area contributed by atoms with Crippen LogP contribution in [0.15, 0.2) is 30.3 Å². The second kappa shape index (κ2) is 5.09. The summed E-state index contributed by atoms with van der Waals surface area (Å²) in [7, 11) is 0. The molecule has 0 fully saturated rings. The minimum absolute atomic E-state index is 0.217. The average Bonchev–Trinajstić information content (AvgIpc) is 2.17. The summed E-state index contributed by atoms with van der Waals surface area (Å²) in [4.78, 5) is 20.4. The SMILES string of the molecule is O=C(O)C[C@@H](C[N+](=O)[O-])c1ccccc1. The first-order valence-electron chi connectivity index (χ1n) is 4.48. The summed E-state index contributed by atoms with van der Waals surface area (Å²) in [6.07, 6.45) is -0.217. The van der Waals surface area contributed by atoms with Gasteiger partial charge in [0.25, 0.3) is 0 Å². The molecule has 0 saturated carbocycles. The molecule has 5 heteroatoms. The van der Waals surface area contributed by atoms with Crippen molar-refractivity contribution in [2.75, 3.05) is 6.54 Å². The van der Waals surface area contributed by atoms with Crippen LogP contribution in [0.3, 0.4) is 0 Å². The molecule has 1 rings (SSSR count). The lowest BCUT2D eigenvalue weighted by atomic mass is 9.96. The fourth-order valence-corrected chi connectivity index (χ4v) is 1.40. The quantitative estimate of drug-likeness (QED) is 0.588. The van der Waals surface area contributed by atoms with Crippen LogP contribution in [-0.2, 0) is 4.79 Å². The maximum absolute atomic E-state index is 10.5. The van der Waals surface area contributed by atoms with Gasteiger partial charge in [-0.1, -0.05) is 30.3 Å². The lowest BCUT2D eigenvalue weighted by Gasteiger charge is -2.09. The van der Waals surface area contributed by atoms with Gasteiger partial charge in [0.1, 0.15) is 0 Å². The number of aliphatic carboxylic acids is 1. The van der Waals surface area contributed by atoms with E-state index in [0.29, 0.717) is 5.56 Å². The Labute approximate surface area is 86.5 Å². The fraction of sp³-hybridized carbons (Fsp3) is 0.300. The number of carbonyl (C=O) groups is 1. The molecule has 1 atom stereocenters. The average molecular weight is 209 g/mol. The summed E-state index contributed by atoms with van der Waals surface area (Å²) in [5, 5.41) is 19.0. The first-order valence-corrected chi connectivity index (χ1v) is 4.48. The lowest BCUT2D eigenvalue weighted by Crippen LogP contribution is -2.16. The van der Waals surface area contributed by atoms with Gasteiger partial charge in [-0.05, 0) is 5.56 Å². The smallest absolute Gasteiger partial charge is 0.304 e. The van der Waals surface area contributed by atoms with Crippen LogP contribution in [0.4, 0.5) is 0 Å². The van der Waals surface area contributed by atoms with E-state index < -0.39 is 16.8 Å². The van der Waals surface area contributed by atoms with Crippen LogP contribution in [-0.4, -0.2) is 22.5 Å². The molecule has 0 bridgehead atoms. The molecule has 0 radical (unpaired) electrons. The highest BCUT2D eigenvalue weighted by Crippen LogP contribution is 2.19. The summed E-state index contributed by atoms with van der Waals surface area (Å²) in [6, 6.07) is 8.68. The van der Waals surface area contributed by atoms with Crippen LogP contribution < -0.4 is 0 Å². The molecule has 80 valence electrons. The van der Waals surface area contributed by atoms with Gasteiger partial charge in [-0.15, -0.1) is 0 Å². The second-order valence-corrected chi connectivity index (χ2v) is 3.22. The molecule has 5 nitrogen and oxygen atoms in total. The molecule has 15 heavy (non-hydrogen) atoms. The lowest BCUT2D eigenvalue weighted by molar-refractivity contribution is -0.483. The van der Waals surface area contributed by atoms with Crippen molar-refractivity contribution in [3.05, 3.63) is 46.0 Å². The summed E-state index contributed by atoms with van der Waals surface area (Å²) in [6.45, 7) is -0.351. The molecule has 0 aliphatic rings. The monoisotopic (exact) mass is 209 g/mol. The molecule has 0 saturated heterocycles. The first-order chi connectivity index (χ1) is 7.09. The van der Waals surface area contributed by atoms with Gasteiger partial charge in [0, 0.05) is 4.92 Å². The van der Waals surface area contributed by atoms with Gasteiger partial charge in [-0.2, -0.15) is 0 Å². The molecule has 0 heterocycles. The Kier molecular flexibility index (Phi) is 3.79. The number of carboxylic acids is 1. The summed E-state index contributed by atoms with van der Waals surface area (Å²) in [5.41, 5.74) is 0.691. The van der Waals surface area contributed by atoms with Crippen molar-refractivity contribution in [2.24, 2.45) is 0 Å². The second-order valence-electron chi connectivity index (χ2n) is 3.22. The number of nitro groups is 1. The van der Waals surface area contributed by atoms with E-state index in [2.05, 4.69) is 0 Å². The third kappa shape index (κ3) is 3.76. The molecule has 1 N–H and O–H groups in total. The topological polar surface area (TPSA) is 80.4 Å². The summed E-state index contributed by atoms with van der Waals surface area (Å²) in [5.74, 6) is -1.58. The number of carboxylic acid groups (broad SMARTS) is 1. The zero-order valence-electron chi connectivity index (χ0n) is 8.00. The van der Waals surface area contributed by atoms with E-state index in [-0.39, 0.29) is 13.0 Å². The van der Waals surface area contributed by atoms with Crippen LogP contribution in [0, 0.1) is 10.1 Å². The van der Waals surface area contributed by atoms with E-state index in [9.17, 15) is 14.9 Å². The number of nitrogens with zero attached hydrogens (tertiary/aromatic N) is 1. The zero-order chi connectivity index (χ0) is 11.3. The van der Waals surface area contributed by atoms with E-state index in [4.69, 9.17) is 5.11 Å². The van der Waals surface area contributed by atoms with Crippen molar-refractivity contribution >= 4 is 5.97 Å². The standard InChI is InChI=1S/C10H11NO4/c12-10(13)6-9(7-11(14)15)8-4-2-1-3-5-8/h1-5,9H,6-7H2,(H,12,13)/t9-/m0/s1. The molecule has 0 aliphatic heterocycles. The van der Waals surface area contributed by atoms with Crippen LogP contribution in [0.1, 0.15) is 17.9 Å². The van der Waals surface area contributed by atoms with Gasteiger partial charge in [-0.3, -0.25) is 14.9 Å². The van der Waals surface area contributed by atoms with Gasteiger partial charge in [0.2, 0.25) is 6.54 Å². The van der Waals surface area contributed by atoms with E-state index in [1.54, 1.807) is 30.3 Å². The number of rotatable bonds is 5. The van der Waals surface area contributed by atoms with Gasteiger partial charge in [0.15, 0.2) is 0 Å². The predicted octanol–water partition coefficient (Wildman–Crippen LogP) is 1.52. The van der Waals surface area contributed by atoms with Gasteiger partial charge >= 0.3 is 5.97 Å². The number of hydrogen-bond donors (Lipinski definition) is 1. The van der Waals surface area contributed by atoms with Crippen LogP contribution in [0.2, 0.25) is 0 Å². The zero-order valence-corrected chi connectivity index (χ0v) is 8.00. The predicted molar refractivity (Wildman–Crippen MR) is 53.3 cm³/mol. The van der Waals surface area contributed by atoms with Gasteiger partial charge in [-0.25, -0.2) is 0 Å². The highest BCUT2D eigenvalue weighted by molar-refractivity contribution is 5.68. The Balaban J connectivity index is 2.81. The Morgan fingerprint density at radius 3 is 2.47 bits per heavy atom. The molecule has 1 aromatic carbocycles. The fourth-order valence-electron chi connectivity index (χ4n) is 1.40. The molecular formula is C10H11NO4. The summed E-state index contributed by atoms with van der Waals surface area (Å²) < 4.78 is 0. The number of hydrogen-bond acceptors (Lipinski definition) is 3. The normalized spacial score (nSPS) is 12.0. The molecule has 0 aromatic heterocycles. The summed E-state index contributed by atoms with van der Waals surface area (Å²) >= 11 is 0. The van der Waals surface area contributed by atoms with Gasteiger partial charge < -0.3 is 5.11 Å². The van der Waals surface area contributed by atoms with E-state index in [1.165, 1.54) is 0 Å². The Hall–Kier alpha value is -1.91. The molecular weight excluding hydrogens is 198 g/mol. The van der Waals surface area contributed by atoms with E-state index in [1.807, 2.05) is 0 Å². The van der Waals surface area contributed by atoms with Crippen molar-refractivity contribution in [3.8, 4) is 0 Å². The molecule has 0 unspecified atom stereocenters. The highest BCUT2D eigenvalue weighted by atomic mass is 16.6. The van der Waals surface area contributed by atoms with Crippen molar-refractivity contribution in [2.45, 2.75) is 12.3 Å². The molecule has 0 amide bonds. The van der Waals surface area contributed by atoms with Gasteiger partial charge in [0.05, 0.1) is 12.3 Å². The van der Waals surface area contributed by atoms with Crippen LogP contribution in [0.5, 0.6) is 0 Å². The maximum Gasteiger partial charge on any atom is 0.304 e. The molecule has 1 aromatic rings. The minimum Gasteiger partial charge on any atom is -0.481 e. The Morgan fingerprint density at radius 1 is 1.40 bits per heavy atom. The molecule has 0 aliphatic carbocycles. The number of benzene rings is 1. The Bertz CT molecular complexity index is 334. The maximum atomic E-state index is 10.5. The Morgan fingerprint density at radius 2 is 2.00 bits per heavy atom. The minimum atomic E-state index is -1.02. The largest absolute Gasteiger partial charge is 0.481 e. The van der Waals surface area contributed by atoms with Crippen molar-refractivity contribution in [3.63, 3.8) is 0 Å². The van der Waals surface area contributed by atoms with Crippen LogP contribution >= 0.6 is 0 Å². The highest BCUT2D eigenvalue weighted by Gasteiger charge is 2.20. The molecule has 0 spiro atoms. The third-order valence-corrected chi connectivity index (χ3v) is 2.06. The van der Waals surface area contributed by atoms with E-state index >= 15 is 0 Å². The van der Waals surface area contributed by atoms with Crippen molar-refractivity contribution in [1.29, 1.82) is 0 Å². The van der Waals surface area contributed by atoms with Crippen molar-refractivity contribution < 1.29 is 14.8 Å².